The number of halogens is 1. The molecule has 0 aliphatic rings. The Morgan fingerprint density at radius 3 is 2.55 bits per heavy atom. The van der Waals surface area contributed by atoms with Crippen LogP contribution >= 0.6 is 15.9 Å². The van der Waals surface area contributed by atoms with Crippen LogP contribution in [0, 0.1) is 13.8 Å². The summed E-state index contributed by atoms with van der Waals surface area (Å²) in [6, 6.07) is 4.20. The van der Waals surface area contributed by atoms with Crippen molar-refractivity contribution in [3.05, 3.63) is 33.7 Å². The van der Waals surface area contributed by atoms with Crippen molar-refractivity contribution in [2.45, 2.75) is 20.3 Å². The summed E-state index contributed by atoms with van der Waals surface area (Å²) in [5, 5.41) is 0. The normalized spacial score (nSPS) is 10.9. The van der Waals surface area contributed by atoms with Crippen LogP contribution in [-0.2, 0) is 13.5 Å². The minimum absolute atomic E-state index is 0.584. The van der Waals surface area contributed by atoms with Crippen LogP contribution in [0.3, 0.4) is 0 Å². The lowest BCUT2D eigenvalue weighted by Gasteiger charge is -2.13. The van der Waals surface area contributed by atoms with Crippen LogP contribution in [0.1, 0.15) is 17.0 Å². The molecule has 0 aliphatic heterocycles. The Balaban J connectivity index is 2.65. The summed E-state index contributed by atoms with van der Waals surface area (Å²) in [6.45, 7) is 4.77. The standard InChI is InChI=1S/C15H20BrN3O/c1-9-7-11(12(20-4)8-10(9)2)14-15(16)18-13(5-6-17)19(14)3/h7-8H,5-6,17H2,1-4H3. The highest BCUT2D eigenvalue weighted by Crippen LogP contribution is 2.36. The van der Waals surface area contributed by atoms with E-state index in [0.29, 0.717) is 6.54 Å². The number of imidazole rings is 1. The van der Waals surface area contributed by atoms with Crippen LogP contribution in [0.25, 0.3) is 11.3 Å². The van der Waals surface area contributed by atoms with E-state index in [0.717, 1.165) is 33.9 Å². The van der Waals surface area contributed by atoms with Crippen molar-refractivity contribution in [2.24, 2.45) is 12.8 Å². The van der Waals surface area contributed by atoms with E-state index in [4.69, 9.17) is 10.5 Å². The van der Waals surface area contributed by atoms with Crippen molar-refractivity contribution < 1.29 is 4.74 Å². The number of benzene rings is 1. The van der Waals surface area contributed by atoms with Crippen molar-refractivity contribution in [1.82, 2.24) is 9.55 Å². The van der Waals surface area contributed by atoms with Gasteiger partial charge in [0.15, 0.2) is 0 Å². The third kappa shape index (κ3) is 2.60. The molecule has 0 radical (unpaired) electrons. The largest absolute Gasteiger partial charge is 0.496 e. The van der Waals surface area contributed by atoms with Gasteiger partial charge in [0.05, 0.1) is 12.8 Å². The van der Waals surface area contributed by atoms with Crippen molar-refractivity contribution in [2.75, 3.05) is 13.7 Å². The molecule has 2 N–H and O–H groups in total. The molecule has 0 spiro atoms. The van der Waals surface area contributed by atoms with Crippen LogP contribution in [0.2, 0.25) is 0 Å². The highest BCUT2D eigenvalue weighted by Gasteiger charge is 2.18. The lowest BCUT2D eigenvalue weighted by Crippen LogP contribution is -2.08. The zero-order chi connectivity index (χ0) is 14.9. The molecular formula is C15H20BrN3O. The molecule has 0 fully saturated rings. The maximum atomic E-state index is 5.63. The quantitative estimate of drug-likeness (QED) is 0.932. The van der Waals surface area contributed by atoms with Crippen molar-refractivity contribution in [1.29, 1.82) is 0 Å². The Bertz CT molecular complexity index is 635. The molecule has 2 rings (SSSR count). The van der Waals surface area contributed by atoms with Gasteiger partial charge in [0.25, 0.3) is 0 Å². The van der Waals surface area contributed by atoms with E-state index in [1.807, 2.05) is 7.05 Å². The second-order valence-electron chi connectivity index (χ2n) is 4.90. The number of rotatable bonds is 4. The van der Waals surface area contributed by atoms with Crippen LogP contribution in [0.5, 0.6) is 5.75 Å². The van der Waals surface area contributed by atoms with E-state index in [1.165, 1.54) is 11.1 Å². The first-order valence-electron chi connectivity index (χ1n) is 6.56. The van der Waals surface area contributed by atoms with Crippen molar-refractivity contribution in [3.8, 4) is 17.0 Å². The average molecular weight is 338 g/mol. The zero-order valence-corrected chi connectivity index (χ0v) is 13.9. The lowest BCUT2D eigenvalue weighted by molar-refractivity contribution is 0.415. The van der Waals surface area contributed by atoms with E-state index in [9.17, 15) is 0 Å². The first-order chi connectivity index (χ1) is 9.49. The number of aryl methyl sites for hydroxylation is 2. The van der Waals surface area contributed by atoms with E-state index in [-0.39, 0.29) is 0 Å². The first kappa shape index (κ1) is 15.1. The summed E-state index contributed by atoms with van der Waals surface area (Å²) >= 11 is 3.55. The number of hydrogen-bond donors (Lipinski definition) is 1. The van der Waals surface area contributed by atoms with Crippen LogP contribution in [-0.4, -0.2) is 23.2 Å². The van der Waals surface area contributed by atoms with Gasteiger partial charge in [0.2, 0.25) is 0 Å². The number of hydrogen-bond acceptors (Lipinski definition) is 3. The smallest absolute Gasteiger partial charge is 0.132 e. The van der Waals surface area contributed by atoms with Gasteiger partial charge in [-0.05, 0) is 59.6 Å². The summed E-state index contributed by atoms with van der Waals surface area (Å²) in [4.78, 5) is 4.55. The van der Waals surface area contributed by atoms with Gasteiger partial charge < -0.3 is 15.0 Å². The Kier molecular flexibility index (Phi) is 4.50. The van der Waals surface area contributed by atoms with Gasteiger partial charge in [0, 0.05) is 19.0 Å². The molecule has 0 unspecified atom stereocenters. The van der Waals surface area contributed by atoms with Crippen molar-refractivity contribution >= 4 is 15.9 Å². The summed E-state index contributed by atoms with van der Waals surface area (Å²) in [5.41, 5.74) is 10.1. The summed E-state index contributed by atoms with van der Waals surface area (Å²) < 4.78 is 8.43. The summed E-state index contributed by atoms with van der Waals surface area (Å²) in [6.07, 6.45) is 0.752. The monoisotopic (exact) mass is 337 g/mol. The van der Waals surface area contributed by atoms with Gasteiger partial charge in [-0.2, -0.15) is 0 Å². The maximum Gasteiger partial charge on any atom is 0.132 e. The van der Waals surface area contributed by atoms with Crippen LogP contribution in [0.15, 0.2) is 16.7 Å². The number of nitrogens with zero attached hydrogens (tertiary/aromatic N) is 2. The van der Waals surface area contributed by atoms with E-state index < -0.39 is 0 Å². The number of methoxy groups -OCH3 is 1. The van der Waals surface area contributed by atoms with Crippen molar-refractivity contribution in [3.63, 3.8) is 0 Å². The van der Waals surface area contributed by atoms with E-state index in [1.54, 1.807) is 7.11 Å². The third-order valence-electron chi connectivity index (χ3n) is 3.58. The molecule has 2 aromatic rings. The molecule has 0 amide bonds. The molecule has 0 bridgehead atoms. The Hall–Kier alpha value is -1.33. The summed E-state index contributed by atoms with van der Waals surface area (Å²) in [7, 11) is 3.70. The number of nitrogens with two attached hydrogens (primary N) is 1. The molecule has 1 heterocycles. The minimum atomic E-state index is 0.584. The van der Waals surface area contributed by atoms with Gasteiger partial charge in [0.1, 0.15) is 16.2 Å². The molecule has 20 heavy (non-hydrogen) atoms. The van der Waals surface area contributed by atoms with Gasteiger partial charge in [-0.3, -0.25) is 0 Å². The number of ether oxygens (including phenoxy) is 1. The Labute approximate surface area is 128 Å². The van der Waals surface area contributed by atoms with Crippen LogP contribution < -0.4 is 10.5 Å². The predicted octanol–water partition coefficient (Wildman–Crippen LogP) is 2.98. The molecule has 1 aromatic carbocycles. The molecule has 4 nitrogen and oxygen atoms in total. The maximum absolute atomic E-state index is 5.63. The highest BCUT2D eigenvalue weighted by atomic mass is 79.9. The highest BCUT2D eigenvalue weighted by molar-refractivity contribution is 9.10. The molecule has 5 heteroatoms. The lowest BCUT2D eigenvalue weighted by atomic mass is 10.0. The third-order valence-corrected chi connectivity index (χ3v) is 4.14. The fourth-order valence-corrected chi connectivity index (χ4v) is 2.98. The summed E-state index contributed by atoms with van der Waals surface area (Å²) in [5.74, 6) is 1.82. The molecule has 0 saturated carbocycles. The first-order valence-corrected chi connectivity index (χ1v) is 7.35. The Morgan fingerprint density at radius 2 is 1.95 bits per heavy atom. The topological polar surface area (TPSA) is 53.1 Å². The SMILES string of the molecule is COc1cc(C)c(C)cc1-c1c(Br)nc(CCN)n1C. The average Bonchev–Trinajstić information content (AvgIpc) is 2.68. The van der Waals surface area contributed by atoms with E-state index >= 15 is 0 Å². The van der Waals surface area contributed by atoms with Gasteiger partial charge >= 0.3 is 0 Å². The fourth-order valence-electron chi connectivity index (χ4n) is 2.30. The van der Waals surface area contributed by atoms with Crippen LogP contribution in [0.4, 0.5) is 0 Å². The molecule has 0 atom stereocenters. The van der Waals surface area contributed by atoms with Gasteiger partial charge in [-0.25, -0.2) is 4.98 Å². The fraction of sp³-hybridized carbons (Fsp3) is 0.400. The molecule has 108 valence electrons. The molecule has 0 aliphatic carbocycles. The minimum Gasteiger partial charge on any atom is -0.496 e. The van der Waals surface area contributed by atoms with Gasteiger partial charge in [-0.1, -0.05) is 0 Å². The second-order valence-corrected chi connectivity index (χ2v) is 5.65. The molecule has 0 saturated heterocycles. The molecule has 1 aromatic heterocycles. The van der Waals surface area contributed by atoms with E-state index in [2.05, 4.69) is 51.5 Å². The second kappa shape index (κ2) is 5.97. The zero-order valence-electron chi connectivity index (χ0n) is 12.3. The predicted molar refractivity (Wildman–Crippen MR) is 85.1 cm³/mol. The van der Waals surface area contributed by atoms with Gasteiger partial charge in [-0.15, -0.1) is 0 Å². The number of aromatic nitrogens is 2. The Morgan fingerprint density at radius 1 is 1.30 bits per heavy atom. The molecular weight excluding hydrogens is 318 g/mol.